The van der Waals surface area contributed by atoms with E-state index >= 15 is 0 Å². The molecule has 0 saturated heterocycles. The van der Waals surface area contributed by atoms with Crippen molar-refractivity contribution in [2.45, 2.75) is 30.5 Å². The summed E-state index contributed by atoms with van der Waals surface area (Å²) in [7, 11) is 0. The lowest BCUT2D eigenvalue weighted by atomic mass is 9.95. The van der Waals surface area contributed by atoms with E-state index in [0.29, 0.717) is 0 Å². The highest BCUT2D eigenvalue weighted by Crippen LogP contribution is 2.25. The summed E-state index contributed by atoms with van der Waals surface area (Å²) in [5, 5.41) is 75.2. The van der Waals surface area contributed by atoms with Crippen LogP contribution >= 0.6 is 0 Å². The molecule has 5 atom stereocenters. The van der Waals surface area contributed by atoms with Gasteiger partial charge in [0.2, 0.25) is 0 Å². The normalized spacial score (nSPS) is 17.5. The second-order valence-electron chi connectivity index (χ2n) is 5.47. The molecule has 8 N–H and O–H groups in total. The Hall–Kier alpha value is -2.34. The van der Waals surface area contributed by atoms with Crippen LogP contribution in [0.4, 0.5) is 0 Å². The van der Waals surface area contributed by atoms with Crippen LogP contribution in [-0.4, -0.2) is 89.5 Å². The van der Waals surface area contributed by atoms with E-state index in [4.69, 9.17) is 5.11 Å². The van der Waals surface area contributed by atoms with Gasteiger partial charge in [-0.05, 0) is 23.8 Å². The first-order valence-electron chi connectivity index (χ1n) is 7.38. The second-order valence-corrected chi connectivity index (χ2v) is 5.47. The zero-order chi connectivity index (χ0) is 20.0. The van der Waals surface area contributed by atoms with Crippen molar-refractivity contribution in [2.75, 3.05) is 6.61 Å². The summed E-state index contributed by atoms with van der Waals surface area (Å²) in [4.78, 5) is 22.9. The van der Waals surface area contributed by atoms with Crippen molar-refractivity contribution in [1.82, 2.24) is 0 Å². The van der Waals surface area contributed by atoms with Gasteiger partial charge in [0.25, 0.3) is 0 Å². The number of aliphatic hydroxyl groups excluding tert-OH is 6. The van der Waals surface area contributed by atoms with Crippen molar-refractivity contribution in [3.05, 3.63) is 29.8 Å². The summed E-state index contributed by atoms with van der Waals surface area (Å²) >= 11 is 0. The van der Waals surface area contributed by atoms with Crippen molar-refractivity contribution in [3.63, 3.8) is 0 Å². The van der Waals surface area contributed by atoms with E-state index in [1.165, 1.54) is 6.07 Å². The fourth-order valence-corrected chi connectivity index (χ4v) is 1.95. The number of benzene rings is 1. The minimum Gasteiger partial charge on any atom is -0.504 e. The molecule has 1 unspecified atom stereocenters. The molecule has 0 spiro atoms. The van der Waals surface area contributed by atoms with E-state index in [2.05, 4.69) is 0 Å². The van der Waals surface area contributed by atoms with Crippen LogP contribution in [-0.2, 0) is 9.59 Å². The molecule has 0 fully saturated rings. The number of phenols is 2. The number of aromatic hydroxyl groups is 2. The predicted octanol–water partition coefficient (Wildman–Crippen LogP) is -2.95. The number of carbonyl (C=O) groups is 2. The van der Waals surface area contributed by atoms with Crippen molar-refractivity contribution in [1.29, 1.82) is 0 Å². The zero-order valence-electron chi connectivity index (χ0n) is 13.4. The molecule has 144 valence electrons. The molecular formula is C16H20O10. The quantitative estimate of drug-likeness (QED) is 0.164. The van der Waals surface area contributed by atoms with Gasteiger partial charge in [0, 0.05) is 0 Å². The summed E-state index contributed by atoms with van der Waals surface area (Å²) < 4.78 is 0. The zero-order valence-corrected chi connectivity index (χ0v) is 13.4. The van der Waals surface area contributed by atoms with Crippen molar-refractivity contribution in [2.24, 2.45) is 0 Å². The Balaban J connectivity index is 2.78. The van der Waals surface area contributed by atoms with Gasteiger partial charge in [-0.2, -0.15) is 0 Å². The highest BCUT2D eigenvalue weighted by molar-refractivity contribution is 5.97. The van der Waals surface area contributed by atoms with Crippen LogP contribution in [0.3, 0.4) is 0 Å². The molecule has 0 bridgehead atoms. The number of hydrogen-bond donors (Lipinski definition) is 8. The lowest BCUT2D eigenvalue weighted by Crippen LogP contribution is -2.53. The number of carbonyl (C=O) groups excluding carboxylic acids is 2. The monoisotopic (exact) mass is 372 g/mol. The molecule has 1 rings (SSSR count). The Kier molecular flexibility index (Phi) is 7.83. The third-order valence-electron chi connectivity index (χ3n) is 3.56. The first-order valence-corrected chi connectivity index (χ1v) is 7.38. The smallest absolute Gasteiger partial charge is 0.189 e. The van der Waals surface area contributed by atoms with Crippen LogP contribution in [0.5, 0.6) is 11.5 Å². The van der Waals surface area contributed by atoms with Crippen LogP contribution < -0.4 is 0 Å². The van der Waals surface area contributed by atoms with Gasteiger partial charge in [-0.25, -0.2) is 0 Å². The molecule has 10 heteroatoms. The number of aliphatic hydroxyl groups is 6. The summed E-state index contributed by atoms with van der Waals surface area (Å²) in [5.41, 5.74) is 0.278. The van der Waals surface area contributed by atoms with Gasteiger partial charge in [-0.1, -0.05) is 12.1 Å². The maximum absolute atomic E-state index is 11.8. The number of rotatable bonds is 9. The van der Waals surface area contributed by atoms with E-state index in [0.717, 1.165) is 24.3 Å². The third-order valence-corrected chi connectivity index (χ3v) is 3.56. The van der Waals surface area contributed by atoms with Crippen molar-refractivity contribution < 1.29 is 50.4 Å². The molecule has 26 heavy (non-hydrogen) atoms. The molecule has 1 aromatic carbocycles. The van der Waals surface area contributed by atoms with Crippen molar-refractivity contribution in [3.8, 4) is 11.5 Å². The average molecular weight is 372 g/mol. The Morgan fingerprint density at radius 2 is 1.46 bits per heavy atom. The van der Waals surface area contributed by atoms with Gasteiger partial charge in [-0.3, -0.25) is 9.59 Å². The topological polar surface area (TPSA) is 196 Å². The molecule has 0 heterocycles. The van der Waals surface area contributed by atoms with Gasteiger partial charge < -0.3 is 40.9 Å². The van der Waals surface area contributed by atoms with Gasteiger partial charge in [0.15, 0.2) is 23.1 Å². The van der Waals surface area contributed by atoms with Gasteiger partial charge >= 0.3 is 0 Å². The number of Topliss-reactive ketones (excluding diaryl/α,β-unsaturated/α-hetero) is 1. The number of hydrogen-bond acceptors (Lipinski definition) is 10. The summed E-state index contributed by atoms with van der Waals surface area (Å²) in [6.45, 7) is -1.12. The van der Waals surface area contributed by atoms with Crippen LogP contribution in [0.15, 0.2) is 24.3 Å². The molecule has 0 aromatic heterocycles. The minimum absolute atomic E-state index is 0.278. The molecule has 1 aromatic rings. The molecular weight excluding hydrogens is 352 g/mol. The van der Waals surface area contributed by atoms with E-state index < -0.39 is 54.4 Å². The molecule has 0 amide bonds. The Labute approximate surface area is 147 Å². The van der Waals surface area contributed by atoms with Gasteiger partial charge in [0.1, 0.15) is 37.1 Å². The van der Waals surface area contributed by atoms with Crippen LogP contribution in [0, 0.1) is 0 Å². The van der Waals surface area contributed by atoms with Crippen molar-refractivity contribution >= 4 is 17.6 Å². The molecule has 0 aliphatic heterocycles. The second kappa shape index (κ2) is 9.38. The fourth-order valence-electron chi connectivity index (χ4n) is 1.95. The Morgan fingerprint density at radius 1 is 0.885 bits per heavy atom. The Morgan fingerprint density at radius 3 is 2.00 bits per heavy atom. The van der Waals surface area contributed by atoms with Gasteiger partial charge in [0.05, 0.1) is 0 Å². The molecule has 0 aliphatic rings. The molecule has 0 aliphatic carbocycles. The average Bonchev–Trinajstić information content (AvgIpc) is 2.64. The molecule has 10 nitrogen and oxygen atoms in total. The van der Waals surface area contributed by atoms with Crippen LogP contribution in [0.2, 0.25) is 0 Å². The van der Waals surface area contributed by atoms with E-state index in [1.54, 1.807) is 0 Å². The first-order chi connectivity index (χ1) is 12.1. The highest BCUT2D eigenvalue weighted by atomic mass is 16.4. The van der Waals surface area contributed by atoms with Crippen LogP contribution in [0.25, 0.3) is 6.08 Å². The number of phenolic OH excluding ortho intramolecular Hbond substituents is 2. The molecule has 0 radical (unpaired) electrons. The lowest BCUT2D eigenvalue weighted by molar-refractivity contribution is -0.158. The number of ketones is 2. The van der Waals surface area contributed by atoms with Crippen LogP contribution in [0.1, 0.15) is 5.56 Å². The standard InChI is InChI=1S/C16H20O10/c17-6-11(21)13(23)15(25)16(26)14(24)12(22)9(19)4-2-7-1-3-8(18)10(20)5-7/h1-5,12-18,20,22-26H,6H2/b4-2+/t12?,13-,14-,15+,16-/m1/s1. The highest BCUT2D eigenvalue weighted by Gasteiger charge is 2.38. The molecule has 0 saturated carbocycles. The first kappa shape index (κ1) is 21.7. The third kappa shape index (κ3) is 5.33. The van der Waals surface area contributed by atoms with E-state index in [-0.39, 0.29) is 11.3 Å². The lowest BCUT2D eigenvalue weighted by Gasteiger charge is -2.27. The predicted molar refractivity (Wildman–Crippen MR) is 85.9 cm³/mol. The Bertz CT molecular complexity index is 671. The maximum Gasteiger partial charge on any atom is 0.189 e. The summed E-state index contributed by atoms with van der Waals surface area (Å²) in [6.07, 6.45) is -9.20. The largest absolute Gasteiger partial charge is 0.504 e. The minimum atomic E-state index is -2.26. The fraction of sp³-hybridized carbons (Fsp3) is 0.375. The van der Waals surface area contributed by atoms with Gasteiger partial charge in [-0.15, -0.1) is 0 Å². The van der Waals surface area contributed by atoms with E-state index in [9.17, 15) is 45.3 Å². The summed E-state index contributed by atoms with van der Waals surface area (Å²) in [5.74, 6) is -3.13. The SMILES string of the molecule is O=C(/C=C/c1ccc(O)c(O)c1)C(O)[C@@H](O)[C@@H](O)[C@@H](O)[C@H](O)C(=O)CO. The maximum atomic E-state index is 11.8. The summed E-state index contributed by atoms with van der Waals surface area (Å²) in [6, 6.07) is 3.62. The van der Waals surface area contributed by atoms with E-state index in [1.807, 2.05) is 0 Å².